The fourth-order valence-corrected chi connectivity index (χ4v) is 1.24. The van der Waals surface area contributed by atoms with Gasteiger partial charge in [0.15, 0.2) is 0 Å². The Bertz CT molecular complexity index is 587. The minimum absolute atomic E-state index is 0.181. The minimum atomic E-state index is -0.548. The summed E-state index contributed by atoms with van der Waals surface area (Å²) in [4.78, 5) is 11.1. The highest BCUT2D eigenvalue weighted by atomic mass is 35.5. The van der Waals surface area contributed by atoms with Crippen LogP contribution in [0.1, 0.15) is 0 Å². The number of azo groups is 1. The van der Waals surface area contributed by atoms with Crippen molar-refractivity contribution in [3.63, 3.8) is 0 Å². The van der Waals surface area contributed by atoms with Gasteiger partial charge in [0, 0.05) is 0 Å². The number of aromatic nitrogens is 2. The highest BCUT2D eigenvalue weighted by molar-refractivity contribution is 6.32. The molecule has 0 saturated heterocycles. The number of nitrogens with zero attached hydrogens (tertiary/aromatic N) is 2. The first-order chi connectivity index (χ1) is 7.68. The predicted molar refractivity (Wildman–Crippen MR) is 58.7 cm³/mol. The number of hydrogen-bond donors (Lipinski definition) is 3. The number of benzene rings is 1. The monoisotopic (exact) mass is 238 g/mol. The molecular formula is C9H7ClN4O2. The SMILES string of the molecule is O=c1[nH][nH]c(O)c1N=Nc1ccccc1Cl. The minimum Gasteiger partial charge on any atom is -0.492 e. The molecular weight excluding hydrogens is 232 g/mol. The molecule has 0 bridgehead atoms. The number of aromatic hydroxyl groups is 1. The van der Waals surface area contributed by atoms with Gasteiger partial charge in [0.1, 0.15) is 5.69 Å². The van der Waals surface area contributed by atoms with Crippen LogP contribution < -0.4 is 5.56 Å². The molecule has 82 valence electrons. The van der Waals surface area contributed by atoms with Crippen molar-refractivity contribution >= 4 is 23.0 Å². The molecule has 0 spiro atoms. The summed E-state index contributed by atoms with van der Waals surface area (Å²) in [6.07, 6.45) is 0. The Morgan fingerprint density at radius 1 is 1.19 bits per heavy atom. The van der Waals surface area contributed by atoms with Crippen LogP contribution in [0.25, 0.3) is 0 Å². The Hall–Kier alpha value is -2.08. The van der Waals surface area contributed by atoms with Crippen LogP contribution in [-0.4, -0.2) is 15.3 Å². The maximum Gasteiger partial charge on any atom is 0.295 e. The summed E-state index contributed by atoms with van der Waals surface area (Å²) in [5, 5.41) is 21.4. The Morgan fingerprint density at radius 3 is 2.56 bits per heavy atom. The van der Waals surface area contributed by atoms with E-state index in [1.807, 2.05) is 0 Å². The number of nitrogens with one attached hydrogen (secondary N) is 2. The van der Waals surface area contributed by atoms with Crippen molar-refractivity contribution in [1.29, 1.82) is 0 Å². The lowest BCUT2D eigenvalue weighted by Crippen LogP contribution is -1.96. The van der Waals surface area contributed by atoms with Crippen LogP contribution in [-0.2, 0) is 0 Å². The topological polar surface area (TPSA) is 93.6 Å². The maximum absolute atomic E-state index is 11.1. The average Bonchev–Trinajstić information content (AvgIpc) is 2.58. The molecule has 0 unspecified atom stereocenters. The second-order valence-electron chi connectivity index (χ2n) is 2.93. The van der Waals surface area contributed by atoms with Gasteiger partial charge in [0.25, 0.3) is 5.56 Å². The number of hydrogen-bond acceptors (Lipinski definition) is 4. The van der Waals surface area contributed by atoms with E-state index < -0.39 is 5.56 Å². The van der Waals surface area contributed by atoms with Crippen LogP contribution in [0.4, 0.5) is 11.4 Å². The molecule has 0 aliphatic rings. The zero-order valence-electron chi connectivity index (χ0n) is 7.94. The van der Waals surface area contributed by atoms with E-state index in [1.54, 1.807) is 24.3 Å². The summed E-state index contributed by atoms with van der Waals surface area (Å²) in [5.41, 5.74) is -0.308. The third kappa shape index (κ3) is 1.96. The van der Waals surface area contributed by atoms with Crippen LogP contribution in [0.2, 0.25) is 5.02 Å². The molecule has 1 heterocycles. The van der Waals surface area contributed by atoms with Gasteiger partial charge in [-0.1, -0.05) is 23.7 Å². The van der Waals surface area contributed by atoms with Crippen molar-refractivity contribution in [2.24, 2.45) is 10.2 Å². The molecule has 16 heavy (non-hydrogen) atoms. The number of H-pyrrole nitrogens is 2. The van der Waals surface area contributed by atoms with E-state index in [-0.39, 0.29) is 11.6 Å². The third-order valence-electron chi connectivity index (χ3n) is 1.84. The number of halogens is 1. The summed E-state index contributed by atoms with van der Waals surface area (Å²) in [5.74, 6) is -0.360. The van der Waals surface area contributed by atoms with Crippen molar-refractivity contribution in [2.75, 3.05) is 0 Å². The lowest BCUT2D eigenvalue weighted by atomic mass is 10.3. The largest absolute Gasteiger partial charge is 0.492 e. The molecule has 2 aromatic rings. The number of aromatic amines is 2. The van der Waals surface area contributed by atoms with E-state index in [0.717, 1.165) is 0 Å². The smallest absolute Gasteiger partial charge is 0.295 e. The van der Waals surface area contributed by atoms with Crippen LogP contribution in [0.15, 0.2) is 39.3 Å². The first kappa shape index (κ1) is 10.4. The van der Waals surface area contributed by atoms with Gasteiger partial charge in [-0.05, 0) is 12.1 Å². The summed E-state index contributed by atoms with van der Waals surface area (Å²) in [7, 11) is 0. The van der Waals surface area contributed by atoms with Crippen LogP contribution in [0, 0.1) is 0 Å². The van der Waals surface area contributed by atoms with E-state index in [4.69, 9.17) is 11.6 Å². The standard InChI is InChI=1S/C9H7ClN4O2/c10-5-3-1-2-4-6(5)11-12-7-8(15)13-14-9(7)16/h1-4H,(H3,13,14,15,16). The van der Waals surface area contributed by atoms with Crippen molar-refractivity contribution in [3.8, 4) is 5.88 Å². The second kappa shape index (κ2) is 4.19. The molecule has 3 N–H and O–H groups in total. The molecule has 0 aliphatic heterocycles. The molecule has 0 saturated carbocycles. The molecule has 1 aromatic carbocycles. The fraction of sp³-hybridized carbons (Fsp3) is 0. The van der Waals surface area contributed by atoms with Crippen LogP contribution >= 0.6 is 11.6 Å². The molecule has 7 heteroatoms. The van der Waals surface area contributed by atoms with Gasteiger partial charge in [0.2, 0.25) is 11.6 Å². The van der Waals surface area contributed by atoms with Crippen LogP contribution in [0.5, 0.6) is 5.88 Å². The fourth-order valence-electron chi connectivity index (χ4n) is 1.07. The Balaban J connectivity index is 2.36. The highest BCUT2D eigenvalue weighted by Gasteiger charge is 2.07. The molecule has 0 aliphatic carbocycles. The summed E-state index contributed by atoms with van der Waals surface area (Å²) >= 11 is 5.83. The second-order valence-corrected chi connectivity index (χ2v) is 3.33. The molecule has 1 aromatic heterocycles. The van der Waals surface area contributed by atoms with Gasteiger partial charge in [-0.25, -0.2) is 0 Å². The molecule has 0 fully saturated rings. The summed E-state index contributed by atoms with van der Waals surface area (Å²) < 4.78 is 0. The lowest BCUT2D eigenvalue weighted by molar-refractivity contribution is 0.453. The van der Waals surface area contributed by atoms with Crippen molar-refractivity contribution < 1.29 is 5.11 Å². The van der Waals surface area contributed by atoms with Crippen LogP contribution in [0.3, 0.4) is 0 Å². The van der Waals surface area contributed by atoms with Gasteiger partial charge in [-0.3, -0.25) is 15.0 Å². The van der Waals surface area contributed by atoms with E-state index in [9.17, 15) is 9.90 Å². The predicted octanol–water partition coefficient (Wildman–Crippen LogP) is 2.48. The Labute approximate surface area is 94.6 Å². The molecule has 0 amide bonds. The maximum atomic E-state index is 11.1. The van der Waals surface area contributed by atoms with Gasteiger partial charge in [0.05, 0.1) is 5.02 Å². The van der Waals surface area contributed by atoms with Crippen molar-refractivity contribution in [3.05, 3.63) is 39.6 Å². The van der Waals surface area contributed by atoms with Crippen molar-refractivity contribution in [2.45, 2.75) is 0 Å². The van der Waals surface area contributed by atoms with E-state index in [0.29, 0.717) is 10.7 Å². The third-order valence-corrected chi connectivity index (χ3v) is 2.16. The van der Waals surface area contributed by atoms with E-state index >= 15 is 0 Å². The van der Waals surface area contributed by atoms with E-state index in [2.05, 4.69) is 20.4 Å². The van der Waals surface area contributed by atoms with Gasteiger partial charge in [-0.15, -0.1) is 10.2 Å². The zero-order valence-corrected chi connectivity index (χ0v) is 8.69. The zero-order chi connectivity index (χ0) is 11.5. The van der Waals surface area contributed by atoms with Gasteiger partial charge in [-0.2, -0.15) is 0 Å². The molecule has 0 atom stereocenters. The average molecular weight is 239 g/mol. The summed E-state index contributed by atoms with van der Waals surface area (Å²) in [6, 6.07) is 6.78. The first-order valence-electron chi connectivity index (χ1n) is 4.34. The molecule has 6 nitrogen and oxygen atoms in total. The summed E-state index contributed by atoms with van der Waals surface area (Å²) in [6.45, 7) is 0. The quantitative estimate of drug-likeness (QED) is 0.701. The number of rotatable bonds is 2. The Morgan fingerprint density at radius 2 is 1.94 bits per heavy atom. The first-order valence-corrected chi connectivity index (χ1v) is 4.72. The Kier molecular flexibility index (Phi) is 2.74. The molecule has 0 radical (unpaired) electrons. The normalized spacial score (nSPS) is 11.1. The highest BCUT2D eigenvalue weighted by Crippen LogP contribution is 2.26. The molecule has 2 rings (SSSR count). The van der Waals surface area contributed by atoms with Gasteiger partial charge < -0.3 is 5.11 Å². The van der Waals surface area contributed by atoms with Crippen molar-refractivity contribution in [1.82, 2.24) is 10.2 Å². The van der Waals surface area contributed by atoms with Gasteiger partial charge >= 0.3 is 0 Å². The van der Waals surface area contributed by atoms with E-state index in [1.165, 1.54) is 0 Å². The lowest BCUT2D eigenvalue weighted by Gasteiger charge is -1.93.